The Balaban J connectivity index is 1.68. The number of amides is 2. The van der Waals surface area contributed by atoms with E-state index in [1.807, 2.05) is 4.90 Å². The Hall–Kier alpha value is -2.66. The first-order valence-corrected chi connectivity index (χ1v) is 9.23. The Morgan fingerprint density at radius 3 is 2.86 bits per heavy atom. The van der Waals surface area contributed by atoms with Gasteiger partial charge in [0.1, 0.15) is 11.9 Å². The van der Waals surface area contributed by atoms with Gasteiger partial charge in [0, 0.05) is 20.0 Å². The van der Waals surface area contributed by atoms with Crippen LogP contribution in [0.3, 0.4) is 0 Å². The van der Waals surface area contributed by atoms with E-state index in [2.05, 4.69) is 5.32 Å². The van der Waals surface area contributed by atoms with Gasteiger partial charge in [0.05, 0.1) is 37.6 Å². The topological polar surface area (TPSA) is 100 Å². The number of carbonyl (C=O) groups excluding carboxylic acids is 2. The van der Waals surface area contributed by atoms with E-state index >= 15 is 0 Å². The third-order valence-corrected chi connectivity index (χ3v) is 4.67. The van der Waals surface area contributed by atoms with Crippen LogP contribution in [0.5, 0.6) is 0 Å². The van der Waals surface area contributed by atoms with Gasteiger partial charge in [0.2, 0.25) is 5.91 Å². The molecule has 1 atom stereocenters. The summed E-state index contributed by atoms with van der Waals surface area (Å²) in [6.07, 6.45) is -1.05. The SMILES string of the molecule is CC(=O)NC[C@H]1CN(c2ccc(N3CCON(C(N)=S)CC3)c(F)c2)C(=O)O1. The van der Waals surface area contributed by atoms with Crippen LogP contribution in [0.4, 0.5) is 20.6 Å². The number of anilines is 2. The second kappa shape index (κ2) is 8.57. The summed E-state index contributed by atoms with van der Waals surface area (Å²) in [5.41, 5.74) is 6.37. The van der Waals surface area contributed by atoms with E-state index in [0.717, 1.165) is 0 Å². The van der Waals surface area contributed by atoms with Gasteiger partial charge in [-0.3, -0.25) is 14.5 Å². The highest BCUT2D eigenvalue weighted by atomic mass is 32.1. The van der Waals surface area contributed by atoms with Crippen LogP contribution in [0.2, 0.25) is 0 Å². The molecule has 2 heterocycles. The first-order valence-electron chi connectivity index (χ1n) is 8.82. The van der Waals surface area contributed by atoms with E-state index in [0.29, 0.717) is 37.6 Å². The molecule has 3 N–H and O–H groups in total. The molecule has 11 heteroatoms. The number of halogens is 1. The van der Waals surface area contributed by atoms with E-state index in [9.17, 15) is 14.0 Å². The number of hydrogen-bond acceptors (Lipinski definition) is 6. The van der Waals surface area contributed by atoms with E-state index in [1.165, 1.54) is 23.0 Å². The minimum atomic E-state index is -0.572. The lowest BCUT2D eigenvalue weighted by molar-refractivity contribution is -0.119. The average Bonchev–Trinajstić information content (AvgIpc) is 2.85. The fourth-order valence-corrected chi connectivity index (χ4v) is 3.22. The lowest BCUT2D eigenvalue weighted by Crippen LogP contribution is -2.37. The predicted octanol–water partition coefficient (Wildman–Crippen LogP) is 0.584. The molecule has 0 bridgehead atoms. The number of nitrogens with zero attached hydrogens (tertiary/aromatic N) is 3. The van der Waals surface area contributed by atoms with Crippen molar-refractivity contribution >= 4 is 40.7 Å². The third kappa shape index (κ3) is 4.60. The quantitative estimate of drug-likeness (QED) is 0.695. The molecule has 2 aliphatic rings. The molecule has 0 spiro atoms. The molecule has 1 aromatic rings. The monoisotopic (exact) mass is 411 g/mol. The normalized spacial score (nSPS) is 20.0. The second-order valence-electron chi connectivity index (χ2n) is 6.45. The van der Waals surface area contributed by atoms with Crippen molar-refractivity contribution < 1.29 is 23.6 Å². The maximum absolute atomic E-state index is 14.8. The minimum Gasteiger partial charge on any atom is -0.442 e. The number of hydroxylamine groups is 2. The van der Waals surface area contributed by atoms with Crippen LogP contribution in [0.15, 0.2) is 18.2 Å². The van der Waals surface area contributed by atoms with Gasteiger partial charge in [-0.1, -0.05) is 0 Å². The number of nitrogens with two attached hydrogens (primary N) is 1. The van der Waals surface area contributed by atoms with Gasteiger partial charge in [-0.25, -0.2) is 14.2 Å². The molecule has 1 aromatic carbocycles. The van der Waals surface area contributed by atoms with Gasteiger partial charge in [-0.15, -0.1) is 0 Å². The van der Waals surface area contributed by atoms with Crippen LogP contribution in [0.25, 0.3) is 0 Å². The summed E-state index contributed by atoms with van der Waals surface area (Å²) in [4.78, 5) is 31.7. The fourth-order valence-electron chi connectivity index (χ4n) is 3.08. The van der Waals surface area contributed by atoms with Crippen LogP contribution in [-0.4, -0.2) is 67.6 Å². The fraction of sp³-hybridized carbons (Fsp3) is 0.471. The molecule has 152 valence electrons. The molecule has 3 rings (SSSR count). The number of benzene rings is 1. The maximum atomic E-state index is 14.8. The van der Waals surface area contributed by atoms with Crippen molar-refractivity contribution in [3.63, 3.8) is 0 Å². The number of hydrogen-bond donors (Lipinski definition) is 2. The van der Waals surface area contributed by atoms with Crippen molar-refractivity contribution in [1.82, 2.24) is 10.4 Å². The Morgan fingerprint density at radius 1 is 1.39 bits per heavy atom. The van der Waals surface area contributed by atoms with Gasteiger partial charge in [0.25, 0.3) is 0 Å². The van der Waals surface area contributed by atoms with Crippen LogP contribution in [0.1, 0.15) is 6.92 Å². The largest absolute Gasteiger partial charge is 0.442 e. The molecule has 0 aliphatic carbocycles. The van der Waals surface area contributed by atoms with Gasteiger partial charge in [0.15, 0.2) is 5.11 Å². The highest BCUT2D eigenvalue weighted by molar-refractivity contribution is 7.80. The van der Waals surface area contributed by atoms with Crippen LogP contribution in [-0.2, 0) is 14.4 Å². The number of nitrogens with one attached hydrogen (secondary N) is 1. The summed E-state index contributed by atoms with van der Waals surface area (Å²) in [5.74, 6) is -0.667. The molecule has 2 amide bonds. The Bertz CT molecular complexity index is 780. The number of thiocarbonyl (C=S) groups is 1. The average molecular weight is 411 g/mol. The molecule has 0 unspecified atom stereocenters. The number of carbonyl (C=O) groups is 2. The number of cyclic esters (lactones) is 1. The van der Waals surface area contributed by atoms with Crippen LogP contribution < -0.4 is 20.9 Å². The van der Waals surface area contributed by atoms with Gasteiger partial charge >= 0.3 is 6.09 Å². The molecular weight excluding hydrogens is 389 g/mol. The first kappa shape index (κ1) is 20.1. The smallest absolute Gasteiger partial charge is 0.414 e. The first-order chi connectivity index (χ1) is 13.3. The van der Waals surface area contributed by atoms with E-state index in [4.69, 9.17) is 27.5 Å². The summed E-state index contributed by atoms with van der Waals surface area (Å²) in [5, 5.41) is 4.16. The van der Waals surface area contributed by atoms with Crippen molar-refractivity contribution in [3.05, 3.63) is 24.0 Å². The summed E-state index contributed by atoms with van der Waals surface area (Å²) >= 11 is 4.90. The second-order valence-corrected chi connectivity index (χ2v) is 6.87. The zero-order valence-electron chi connectivity index (χ0n) is 15.4. The summed E-state index contributed by atoms with van der Waals surface area (Å²) < 4.78 is 20.0. The van der Waals surface area contributed by atoms with Crippen molar-refractivity contribution in [3.8, 4) is 0 Å². The van der Waals surface area contributed by atoms with Gasteiger partial charge in [-0.2, -0.15) is 0 Å². The highest BCUT2D eigenvalue weighted by Gasteiger charge is 2.33. The molecule has 28 heavy (non-hydrogen) atoms. The van der Waals surface area contributed by atoms with Gasteiger partial charge in [-0.05, 0) is 30.4 Å². The third-order valence-electron chi connectivity index (χ3n) is 4.46. The van der Waals surface area contributed by atoms with E-state index < -0.39 is 18.0 Å². The maximum Gasteiger partial charge on any atom is 0.414 e. The molecule has 2 aliphatic heterocycles. The standard InChI is InChI=1S/C17H22FN5O4S/c1-11(24)20-9-13-10-22(17(25)27-13)12-2-3-15(14(18)8-12)21-4-5-23(16(19)28)26-7-6-21/h2-3,8,13H,4-7,9-10H2,1H3,(H2,19,28)(H,20,24)/t13-/m0/s1. The molecule has 2 fully saturated rings. The van der Waals surface area contributed by atoms with Crippen LogP contribution >= 0.6 is 12.2 Å². The summed E-state index contributed by atoms with van der Waals surface area (Å²) in [7, 11) is 0. The molecule has 0 radical (unpaired) electrons. The molecule has 2 saturated heterocycles. The highest BCUT2D eigenvalue weighted by Crippen LogP contribution is 2.28. The van der Waals surface area contributed by atoms with Crippen molar-refractivity contribution in [2.24, 2.45) is 5.73 Å². The Labute approximate surface area is 167 Å². The van der Waals surface area contributed by atoms with Crippen molar-refractivity contribution in [2.75, 3.05) is 49.1 Å². The summed E-state index contributed by atoms with van der Waals surface area (Å²) in [6, 6.07) is 4.58. The Morgan fingerprint density at radius 2 is 2.18 bits per heavy atom. The number of rotatable bonds is 4. The Kier molecular flexibility index (Phi) is 6.15. The lowest BCUT2D eigenvalue weighted by atomic mass is 10.2. The molecule has 9 nitrogen and oxygen atoms in total. The van der Waals surface area contributed by atoms with E-state index in [-0.39, 0.29) is 24.1 Å². The summed E-state index contributed by atoms with van der Waals surface area (Å²) in [6.45, 7) is 3.53. The van der Waals surface area contributed by atoms with Crippen molar-refractivity contribution in [1.29, 1.82) is 0 Å². The predicted molar refractivity (Wildman–Crippen MR) is 104 cm³/mol. The lowest BCUT2D eigenvalue weighted by Gasteiger charge is -2.24. The minimum absolute atomic E-state index is 0.138. The zero-order chi connectivity index (χ0) is 20.3. The van der Waals surface area contributed by atoms with Gasteiger partial charge < -0.3 is 20.7 Å². The molecule has 0 aromatic heterocycles. The van der Waals surface area contributed by atoms with E-state index in [1.54, 1.807) is 12.1 Å². The molecular formula is C17H22FN5O4S. The van der Waals surface area contributed by atoms with Crippen molar-refractivity contribution in [2.45, 2.75) is 13.0 Å². The zero-order valence-corrected chi connectivity index (χ0v) is 16.2. The number of ether oxygens (including phenoxy) is 1. The van der Waals surface area contributed by atoms with Crippen LogP contribution in [0, 0.1) is 5.82 Å². The molecule has 0 saturated carbocycles.